The number of halogens is 1. The van der Waals surface area contributed by atoms with E-state index in [-0.39, 0.29) is 17.3 Å². The number of nitrogens with one attached hydrogen (secondary N) is 1. The second-order valence-electron chi connectivity index (χ2n) is 8.83. The van der Waals surface area contributed by atoms with Crippen LogP contribution in [0.25, 0.3) is 0 Å². The second-order valence-corrected chi connectivity index (χ2v) is 11.1. The van der Waals surface area contributed by atoms with Crippen LogP contribution in [-0.4, -0.2) is 44.3 Å². The van der Waals surface area contributed by atoms with Crippen molar-refractivity contribution >= 4 is 39.1 Å². The molecule has 0 heterocycles. The number of carbonyl (C=O) groups is 2. The molecule has 0 saturated carbocycles. The predicted octanol–water partition coefficient (Wildman–Crippen LogP) is 4.71. The molecule has 0 radical (unpaired) electrons. The second kappa shape index (κ2) is 12.3. The van der Waals surface area contributed by atoms with Crippen LogP contribution in [0.1, 0.15) is 30.5 Å². The average molecular weight is 542 g/mol. The van der Waals surface area contributed by atoms with Gasteiger partial charge in [-0.25, -0.2) is 8.42 Å². The number of amides is 2. The number of hydrogen-bond acceptors (Lipinski definition) is 4. The summed E-state index contributed by atoms with van der Waals surface area (Å²) in [7, 11) is -4.13. The number of anilines is 1. The molecule has 3 aromatic rings. The van der Waals surface area contributed by atoms with Gasteiger partial charge in [0.1, 0.15) is 12.6 Å². The zero-order valence-corrected chi connectivity index (χ0v) is 23.0. The highest BCUT2D eigenvalue weighted by atomic mass is 35.5. The molecule has 2 amide bonds. The number of likely N-dealkylation sites (N-methyl/N-ethyl adjacent to an activating group) is 1. The number of nitrogens with zero attached hydrogens (tertiary/aromatic N) is 2. The van der Waals surface area contributed by atoms with E-state index in [1.165, 1.54) is 23.1 Å². The van der Waals surface area contributed by atoms with E-state index in [1.807, 2.05) is 31.2 Å². The molecule has 0 aliphatic heterocycles. The van der Waals surface area contributed by atoms with Crippen LogP contribution in [0, 0.1) is 13.8 Å². The average Bonchev–Trinajstić information content (AvgIpc) is 2.88. The molecule has 0 saturated heterocycles. The lowest BCUT2D eigenvalue weighted by Gasteiger charge is -2.32. The van der Waals surface area contributed by atoms with Gasteiger partial charge in [-0.3, -0.25) is 13.9 Å². The summed E-state index contributed by atoms with van der Waals surface area (Å²) < 4.78 is 28.6. The molecule has 0 aliphatic carbocycles. The molecule has 3 aromatic carbocycles. The fourth-order valence-electron chi connectivity index (χ4n) is 3.88. The van der Waals surface area contributed by atoms with Crippen LogP contribution >= 0.6 is 11.6 Å². The van der Waals surface area contributed by atoms with Crippen LogP contribution in [-0.2, 0) is 26.2 Å². The zero-order valence-electron chi connectivity index (χ0n) is 21.4. The monoisotopic (exact) mass is 541 g/mol. The minimum Gasteiger partial charge on any atom is -0.355 e. The number of sulfonamides is 1. The lowest BCUT2D eigenvalue weighted by atomic mass is 10.1. The maximum atomic E-state index is 13.8. The minimum atomic E-state index is -4.13. The molecule has 9 heteroatoms. The molecule has 1 N–H and O–H groups in total. The molecule has 0 bridgehead atoms. The van der Waals surface area contributed by atoms with Gasteiger partial charge in [-0.15, -0.1) is 0 Å². The third-order valence-corrected chi connectivity index (χ3v) is 8.05. The van der Waals surface area contributed by atoms with Crippen LogP contribution in [0.2, 0.25) is 5.02 Å². The Morgan fingerprint density at radius 3 is 2.24 bits per heavy atom. The molecule has 0 unspecified atom stereocenters. The van der Waals surface area contributed by atoms with Crippen molar-refractivity contribution in [3.63, 3.8) is 0 Å². The SMILES string of the molecule is CCNC(=O)[C@H](C)N(Cc1ccc(C)cc1)C(=O)CN(c1cc(Cl)ccc1C)S(=O)(=O)c1ccccc1. The van der Waals surface area contributed by atoms with Crippen LogP contribution < -0.4 is 9.62 Å². The summed E-state index contributed by atoms with van der Waals surface area (Å²) >= 11 is 6.23. The highest BCUT2D eigenvalue weighted by Gasteiger charge is 2.33. The van der Waals surface area contributed by atoms with Crippen molar-refractivity contribution in [1.82, 2.24) is 10.2 Å². The maximum Gasteiger partial charge on any atom is 0.264 e. The first-order valence-corrected chi connectivity index (χ1v) is 13.8. The maximum absolute atomic E-state index is 13.8. The molecule has 0 aliphatic rings. The van der Waals surface area contributed by atoms with E-state index in [2.05, 4.69) is 5.32 Å². The summed E-state index contributed by atoms with van der Waals surface area (Å²) in [6.07, 6.45) is 0. The van der Waals surface area contributed by atoms with Crippen LogP contribution in [0.5, 0.6) is 0 Å². The van der Waals surface area contributed by atoms with E-state index in [1.54, 1.807) is 51.1 Å². The van der Waals surface area contributed by atoms with Gasteiger partial charge in [0.05, 0.1) is 10.6 Å². The summed E-state index contributed by atoms with van der Waals surface area (Å²) in [5, 5.41) is 3.09. The van der Waals surface area contributed by atoms with E-state index in [0.717, 1.165) is 15.4 Å². The third kappa shape index (κ3) is 6.90. The fraction of sp³-hybridized carbons (Fsp3) is 0.286. The summed E-state index contributed by atoms with van der Waals surface area (Å²) in [6.45, 7) is 7.20. The van der Waals surface area contributed by atoms with Gasteiger partial charge in [0.25, 0.3) is 10.0 Å². The topological polar surface area (TPSA) is 86.8 Å². The lowest BCUT2D eigenvalue weighted by molar-refractivity contribution is -0.139. The van der Waals surface area contributed by atoms with E-state index in [0.29, 0.717) is 22.8 Å². The molecule has 7 nitrogen and oxygen atoms in total. The van der Waals surface area contributed by atoms with Gasteiger partial charge in [-0.1, -0.05) is 65.7 Å². The quantitative estimate of drug-likeness (QED) is 0.403. The van der Waals surface area contributed by atoms with Crippen molar-refractivity contribution in [1.29, 1.82) is 0 Å². The Bertz CT molecular complexity index is 1350. The summed E-state index contributed by atoms with van der Waals surface area (Å²) in [4.78, 5) is 28.0. The van der Waals surface area contributed by atoms with Crippen molar-refractivity contribution in [2.75, 3.05) is 17.4 Å². The van der Waals surface area contributed by atoms with Gasteiger partial charge in [-0.05, 0) is 63.1 Å². The molecular weight excluding hydrogens is 510 g/mol. The van der Waals surface area contributed by atoms with Crippen molar-refractivity contribution in [3.8, 4) is 0 Å². The zero-order chi connectivity index (χ0) is 27.2. The molecule has 37 heavy (non-hydrogen) atoms. The normalized spacial score (nSPS) is 12.0. The first kappa shape index (κ1) is 28.2. The molecule has 0 aromatic heterocycles. The van der Waals surface area contributed by atoms with Crippen LogP contribution in [0.4, 0.5) is 5.69 Å². The van der Waals surface area contributed by atoms with Crippen LogP contribution in [0.3, 0.4) is 0 Å². The first-order chi connectivity index (χ1) is 17.5. The third-order valence-electron chi connectivity index (χ3n) is 6.04. The number of rotatable bonds is 10. The number of benzene rings is 3. The molecule has 0 fully saturated rings. The van der Waals surface area contributed by atoms with Crippen molar-refractivity contribution < 1.29 is 18.0 Å². The lowest BCUT2D eigenvalue weighted by Crippen LogP contribution is -2.51. The Morgan fingerprint density at radius 2 is 1.62 bits per heavy atom. The van der Waals surface area contributed by atoms with Gasteiger partial charge in [0.2, 0.25) is 11.8 Å². The standard InChI is InChI=1S/C28H32ClN3O4S/c1-5-30-28(34)22(4)31(18-23-14-11-20(2)12-15-23)27(33)19-32(26-17-24(29)16-13-21(26)3)37(35,36)25-9-7-6-8-10-25/h6-17,22H,5,18-19H2,1-4H3,(H,30,34)/t22-/m0/s1. The van der Waals surface area contributed by atoms with Gasteiger partial charge < -0.3 is 10.2 Å². The van der Waals surface area contributed by atoms with Crippen LogP contribution in [0.15, 0.2) is 77.7 Å². The Labute approximate surface area is 224 Å². The largest absolute Gasteiger partial charge is 0.355 e. The molecule has 196 valence electrons. The molecular formula is C28H32ClN3O4S. The predicted molar refractivity (Wildman–Crippen MR) is 147 cm³/mol. The Morgan fingerprint density at radius 1 is 0.973 bits per heavy atom. The van der Waals surface area contributed by atoms with E-state index >= 15 is 0 Å². The fourth-order valence-corrected chi connectivity index (χ4v) is 5.54. The minimum absolute atomic E-state index is 0.0454. The molecule has 0 spiro atoms. The Hall–Kier alpha value is -3.36. The Kier molecular flexibility index (Phi) is 9.34. The number of hydrogen-bond donors (Lipinski definition) is 1. The van der Waals surface area contributed by atoms with Crippen molar-refractivity contribution in [2.45, 2.75) is 45.2 Å². The number of aryl methyl sites for hydroxylation is 2. The molecule has 1 atom stereocenters. The highest BCUT2D eigenvalue weighted by Crippen LogP contribution is 2.30. The summed E-state index contributed by atoms with van der Waals surface area (Å²) in [5.74, 6) is -0.836. The summed E-state index contributed by atoms with van der Waals surface area (Å²) in [5.41, 5.74) is 2.82. The molecule has 3 rings (SSSR count). The number of carbonyl (C=O) groups excluding carboxylic acids is 2. The van der Waals surface area contributed by atoms with E-state index in [4.69, 9.17) is 11.6 Å². The van der Waals surface area contributed by atoms with Gasteiger partial charge >= 0.3 is 0 Å². The highest BCUT2D eigenvalue weighted by molar-refractivity contribution is 7.92. The van der Waals surface area contributed by atoms with Gasteiger partial charge in [0.15, 0.2) is 0 Å². The smallest absolute Gasteiger partial charge is 0.264 e. The van der Waals surface area contributed by atoms with Crippen molar-refractivity contribution in [3.05, 3.63) is 94.5 Å². The first-order valence-electron chi connectivity index (χ1n) is 12.0. The van der Waals surface area contributed by atoms with E-state index in [9.17, 15) is 18.0 Å². The van der Waals surface area contributed by atoms with Gasteiger partial charge in [-0.2, -0.15) is 0 Å². The van der Waals surface area contributed by atoms with E-state index < -0.39 is 28.5 Å². The van der Waals surface area contributed by atoms with Gasteiger partial charge in [0, 0.05) is 18.1 Å². The van der Waals surface area contributed by atoms with Crippen molar-refractivity contribution in [2.24, 2.45) is 0 Å². The Balaban J connectivity index is 2.05. The summed E-state index contributed by atoms with van der Waals surface area (Å²) in [6, 6.07) is 19.6.